The molecular formula is C11H8N2. The Bertz CT molecular complexity index is 495. The molecule has 2 N–H and O–H groups in total. The van der Waals surface area contributed by atoms with Gasteiger partial charge in [-0.3, -0.25) is 0 Å². The second-order valence-corrected chi connectivity index (χ2v) is 2.93. The van der Waals surface area contributed by atoms with Crippen LogP contribution in [-0.2, 0) is 0 Å². The van der Waals surface area contributed by atoms with E-state index in [1.54, 1.807) is 6.07 Å². The van der Waals surface area contributed by atoms with Crippen molar-refractivity contribution in [2.75, 3.05) is 5.73 Å². The second-order valence-electron chi connectivity index (χ2n) is 2.93. The molecule has 2 nitrogen and oxygen atoms in total. The van der Waals surface area contributed by atoms with Gasteiger partial charge in [0.1, 0.15) is 0 Å². The fraction of sp³-hybridized carbons (Fsp3) is 0. The van der Waals surface area contributed by atoms with Crippen molar-refractivity contribution in [3.05, 3.63) is 42.0 Å². The van der Waals surface area contributed by atoms with Gasteiger partial charge in [0.05, 0.1) is 11.6 Å². The maximum absolute atomic E-state index is 8.69. The van der Waals surface area contributed by atoms with Crippen molar-refractivity contribution in [2.24, 2.45) is 0 Å². The van der Waals surface area contributed by atoms with Crippen LogP contribution in [0.2, 0.25) is 0 Å². The van der Waals surface area contributed by atoms with Crippen LogP contribution in [0.5, 0.6) is 0 Å². The van der Waals surface area contributed by atoms with E-state index in [4.69, 9.17) is 11.0 Å². The van der Waals surface area contributed by atoms with Gasteiger partial charge in [-0.05, 0) is 35.0 Å². The number of anilines is 1. The summed E-state index contributed by atoms with van der Waals surface area (Å²) >= 11 is 0. The zero-order chi connectivity index (χ0) is 9.26. The summed E-state index contributed by atoms with van der Waals surface area (Å²) in [5.41, 5.74) is 7.02. The molecule has 62 valence electrons. The maximum atomic E-state index is 8.69. The summed E-state index contributed by atoms with van der Waals surface area (Å²) in [5, 5.41) is 10.8. The van der Waals surface area contributed by atoms with Crippen LogP contribution in [0.4, 0.5) is 5.69 Å². The molecule has 0 spiro atoms. The summed E-state index contributed by atoms with van der Waals surface area (Å²) in [4.78, 5) is 0. The minimum absolute atomic E-state index is 0.665. The normalized spacial score (nSPS) is 9.77. The highest BCUT2D eigenvalue weighted by Crippen LogP contribution is 2.18. The molecule has 2 aromatic rings. The molecule has 2 heteroatoms. The monoisotopic (exact) mass is 168 g/mol. The van der Waals surface area contributed by atoms with Crippen LogP contribution in [-0.4, -0.2) is 0 Å². The highest BCUT2D eigenvalue weighted by molar-refractivity contribution is 5.86. The molecule has 0 radical (unpaired) electrons. The average molecular weight is 168 g/mol. The first kappa shape index (κ1) is 7.63. The number of nitriles is 1. The van der Waals surface area contributed by atoms with E-state index in [0.717, 1.165) is 16.5 Å². The van der Waals surface area contributed by atoms with Gasteiger partial charge < -0.3 is 5.73 Å². The molecule has 0 unspecified atom stereocenters. The molecule has 2 aromatic carbocycles. The Labute approximate surface area is 76.2 Å². The molecule has 0 saturated carbocycles. The molecule has 0 aliphatic carbocycles. The van der Waals surface area contributed by atoms with Gasteiger partial charge in [-0.25, -0.2) is 0 Å². The van der Waals surface area contributed by atoms with Crippen molar-refractivity contribution in [1.82, 2.24) is 0 Å². The minimum Gasteiger partial charge on any atom is -0.399 e. The van der Waals surface area contributed by atoms with Gasteiger partial charge in [0.2, 0.25) is 0 Å². The third-order valence-corrected chi connectivity index (χ3v) is 1.99. The van der Waals surface area contributed by atoms with Gasteiger partial charge in [0.25, 0.3) is 0 Å². The Balaban J connectivity index is 2.77. The maximum Gasteiger partial charge on any atom is 0.0991 e. The fourth-order valence-corrected chi connectivity index (χ4v) is 1.33. The predicted octanol–water partition coefficient (Wildman–Crippen LogP) is 2.29. The first-order valence-corrected chi connectivity index (χ1v) is 3.99. The smallest absolute Gasteiger partial charge is 0.0991 e. The highest BCUT2D eigenvalue weighted by Gasteiger charge is 1.95. The highest BCUT2D eigenvalue weighted by atomic mass is 14.5. The van der Waals surface area contributed by atoms with Crippen LogP contribution in [0.1, 0.15) is 5.56 Å². The molecule has 2 rings (SSSR count). The van der Waals surface area contributed by atoms with Crippen LogP contribution < -0.4 is 5.73 Å². The topological polar surface area (TPSA) is 49.8 Å². The lowest BCUT2D eigenvalue weighted by molar-refractivity contribution is 1.50. The van der Waals surface area contributed by atoms with Crippen LogP contribution in [0.15, 0.2) is 36.4 Å². The first-order chi connectivity index (χ1) is 6.29. The largest absolute Gasteiger partial charge is 0.399 e. The van der Waals surface area contributed by atoms with E-state index in [9.17, 15) is 0 Å². The molecule has 0 fully saturated rings. The Morgan fingerprint density at radius 1 is 1.00 bits per heavy atom. The summed E-state index contributed by atoms with van der Waals surface area (Å²) in [6, 6.07) is 13.3. The van der Waals surface area contributed by atoms with E-state index < -0.39 is 0 Å². The van der Waals surface area contributed by atoms with E-state index in [1.165, 1.54) is 0 Å². The molecule has 13 heavy (non-hydrogen) atoms. The second kappa shape index (κ2) is 2.80. The standard InChI is InChI=1S/C11H8N2/c12-7-8-1-2-9-3-4-11(13)6-10(9)5-8/h1-6H,13H2. The van der Waals surface area contributed by atoms with Crippen LogP contribution >= 0.6 is 0 Å². The first-order valence-electron chi connectivity index (χ1n) is 3.99. The number of benzene rings is 2. The summed E-state index contributed by atoms with van der Waals surface area (Å²) in [7, 11) is 0. The Morgan fingerprint density at radius 3 is 2.54 bits per heavy atom. The quantitative estimate of drug-likeness (QED) is 0.613. The van der Waals surface area contributed by atoms with E-state index in [2.05, 4.69) is 6.07 Å². The lowest BCUT2D eigenvalue weighted by Crippen LogP contribution is -1.84. The number of nitrogen functional groups attached to an aromatic ring is 1. The number of hydrogen-bond donors (Lipinski definition) is 1. The van der Waals surface area contributed by atoms with Gasteiger partial charge in [0.15, 0.2) is 0 Å². The third kappa shape index (κ3) is 1.32. The molecule has 0 saturated heterocycles. The lowest BCUT2D eigenvalue weighted by atomic mass is 10.1. The minimum atomic E-state index is 0.665. The summed E-state index contributed by atoms with van der Waals surface area (Å²) < 4.78 is 0. The number of fused-ring (bicyclic) bond motifs is 1. The molecule has 0 aliphatic heterocycles. The summed E-state index contributed by atoms with van der Waals surface area (Å²) in [6.07, 6.45) is 0. The van der Waals surface area contributed by atoms with E-state index in [0.29, 0.717) is 5.56 Å². The number of nitrogens with zero attached hydrogens (tertiary/aromatic N) is 1. The predicted molar refractivity (Wildman–Crippen MR) is 53.1 cm³/mol. The molecule has 0 bridgehead atoms. The zero-order valence-corrected chi connectivity index (χ0v) is 6.99. The van der Waals surface area contributed by atoms with Crippen LogP contribution in [0.25, 0.3) is 10.8 Å². The van der Waals surface area contributed by atoms with E-state index in [-0.39, 0.29) is 0 Å². The van der Waals surface area contributed by atoms with Gasteiger partial charge in [-0.15, -0.1) is 0 Å². The average Bonchev–Trinajstić information content (AvgIpc) is 2.16. The molecule has 0 heterocycles. The third-order valence-electron chi connectivity index (χ3n) is 1.99. The SMILES string of the molecule is N#Cc1ccc2ccc(N)cc2c1. The molecule has 0 aromatic heterocycles. The lowest BCUT2D eigenvalue weighted by Gasteiger charge is -1.98. The molecule has 0 amide bonds. The fourth-order valence-electron chi connectivity index (χ4n) is 1.33. The Hall–Kier alpha value is -2.01. The van der Waals surface area contributed by atoms with Gasteiger partial charge in [-0.2, -0.15) is 5.26 Å². The summed E-state index contributed by atoms with van der Waals surface area (Å²) in [6.45, 7) is 0. The number of nitrogens with two attached hydrogens (primary N) is 1. The van der Waals surface area contributed by atoms with Crippen molar-refractivity contribution < 1.29 is 0 Å². The van der Waals surface area contributed by atoms with Gasteiger partial charge in [0, 0.05) is 5.69 Å². The van der Waals surface area contributed by atoms with Gasteiger partial charge >= 0.3 is 0 Å². The molecular weight excluding hydrogens is 160 g/mol. The van der Waals surface area contributed by atoms with Crippen molar-refractivity contribution >= 4 is 16.5 Å². The number of rotatable bonds is 0. The van der Waals surface area contributed by atoms with Gasteiger partial charge in [-0.1, -0.05) is 12.1 Å². The Kier molecular flexibility index (Phi) is 1.64. The van der Waals surface area contributed by atoms with Crippen molar-refractivity contribution in [3.8, 4) is 6.07 Å². The van der Waals surface area contributed by atoms with E-state index in [1.807, 2.05) is 30.3 Å². The molecule has 0 atom stereocenters. The van der Waals surface area contributed by atoms with Crippen molar-refractivity contribution in [3.63, 3.8) is 0 Å². The van der Waals surface area contributed by atoms with Crippen molar-refractivity contribution in [2.45, 2.75) is 0 Å². The van der Waals surface area contributed by atoms with Crippen LogP contribution in [0, 0.1) is 11.3 Å². The molecule has 0 aliphatic rings. The summed E-state index contributed by atoms with van der Waals surface area (Å²) in [5.74, 6) is 0. The Morgan fingerprint density at radius 2 is 1.77 bits per heavy atom. The van der Waals surface area contributed by atoms with E-state index >= 15 is 0 Å². The zero-order valence-electron chi connectivity index (χ0n) is 6.99. The van der Waals surface area contributed by atoms with Crippen molar-refractivity contribution in [1.29, 1.82) is 5.26 Å². The number of hydrogen-bond acceptors (Lipinski definition) is 2. The van der Waals surface area contributed by atoms with Crippen LogP contribution in [0.3, 0.4) is 0 Å².